The number of carbonyl (C=O) groups excluding carboxylic acids is 1. The average Bonchev–Trinajstić information content (AvgIpc) is 2.86. The van der Waals surface area contributed by atoms with Crippen LogP contribution in [-0.4, -0.2) is 24.6 Å². The van der Waals surface area contributed by atoms with E-state index in [1.165, 1.54) is 7.11 Å². The largest absolute Gasteiger partial charge is 0.377 e. The van der Waals surface area contributed by atoms with Gasteiger partial charge in [-0.25, -0.2) is 4.98 Å². The third-order valence-electron chi connectivity index (χ3n) is 2.89. The summed E-state index contributed by atoms with van der Waals surface area (Å²) < 4.78 is 4.80. The third-order valence-corrected chi connectivity index (χ3v) is 3.68. The number of hydrogen-bond donors (Lipinski definition) is 2. The zero-order valence-corrected chi connectivity index (χ0v) is 13.2. The number of ether oxygens (including phenoxy) is 1. The van der Waals surface area contributed by atoms with Crippen molar-refractivity contribution >= 4 is 28.6 Å². The first-order valence-electron chi connectivity index (χ1n) is 6.66. The summed E-state index contributed by atoms with van der Waals surface area (Å²) >= 11 is 1.64. The number of methoxy groups -OCH3 is 1. The van der Waals surface area contributed by atoms with Crippen LogP contribution in [-0.2, 0) is 9.53 Å². The second kappa shape index (κ2) is 7.19. The number of aryl methyl sites for hydroxylation is 1. The Morgan fingerprint density at radius 1 is 1.43 bits per heavy atom. The van der Waals surface area contributed by atoms with E-state index in [-0.39, 0.29) is 18.6 Å². The van der Waals surface area contributed by atoms with Gasteiger partial charge in [-0.3, -0.25) is 4.79 Å². The van der Waals surface area contributed by atoms with Crippen LogP contribution < -0.4 is 10.6 Å². The fourth-order valence-corrected chi connectivity index (χ4v) is 2.62. The standard InChI is InChI=1S/C15H19N3O2S/c1-10(14-9-21-11(2)17-14)16-12-5-4-6-13(7-12)18-15(19)8-20-3/h4-7,9-10,16H,8H2,1-3H3,(H,18,19). The third kappa shape index (κ3) is 4.54. The van der Waals surface area contributed by atoms with E-state index in [1.807, 2.05) is 31.2 Å². The van der Waals surface area contributed by atoms with Crippen molar-refractivity contribution in [2.45, 2.75) is 19.9 Å². The van der Waals surface area contributed by atoms with E-state index in [1.54, 1.807) is 11.3 Å². The summed E-state index contributed by atoms with van der Waals surface area (Å²) in [6.45, 7) is 4.10. The van der Waals surface area contributed by atoms with Crippen LogP contribution in [0.3, 0.4) is 0 Å². The first-order valence-corrected chi connectivity index (χ1v) is 7.54. The molecular formula is C15H19N3O2S. The summed E-state index contributed by atoms with van der Waals surface area (Å²) in [4.78, 5) is 16.0. The summed E-state index contributed by atoms with van der Waals surface area (Å²) in [6.07, 6.45) is 0. The van der Waals surface area contributed by atoms with Crippen molar-refractivity contribution in [3.8, 4) is 0 Å². The highest BCUT2D eigenvalue weighted by atomic mass is 32.1. The van der Waals surface area contributed by atoms with Crippen LogP contribution >= 0.6 is 11.3 Å². The van der Waals surface area contributed by atoms with Gasteiger partial charge in [0.2, 0.25) is 5.91 Å². The van der Waals surface area contributed by atoms with Gasteiger partial charge in [-0.15, -0.1) is 11.3 Å². The zero-order chi connectivity index (χ0) is 15.2. The lowest BCUT2D eigenvalue weighted by Crippen LogP contribution is -2.17. The van der Waals surface area contributed by atoms with Gasteiger partial charge in [-0.1, -0.05) is 6.07 Å². The number of anilines is 2. The normalized spacial score (nSPS) is 12.0. The van der Waals surface area contributed by atoms with Crippen molar-refractivity contribution in [1.29, 1.82) is 0 Å². The van der Waals surface area contributed by atoms with Crippen molar-refractivity contribution in [3.63, 3.8) is 0 Å². The molecule has 1 unspecified atom stereocenters. The minimum atomic E-state index is -0.169. The Hall–Kier alpha value is -1.92. The number of rotatable bonds is 6. The number of aromatic nitrogens is 1. The molecule has 0 saturated heterocycles. The summed E-state index contributed by atoms with van der Waals surface area (Å²) in [5, 5.41) is 9.27. The van der Waals surface area contributed by atoms with Crippen molar-refractivity contribution in [3.05, 3.63) is 40.3 Å². The number of amides is 1. The minimum absolute atomic E-state index is 0.0478. The first-order chi connectivity index (χ1) is 10.1. The smallest absolute Gasteiger partial charge is 0.250 e. The molecule has 0 saturated carbocycles. The Kier molecular flexibility index (Phi) is 5.30. The molecule has 112 valence electrons. The minimum Gasteiger partial charge on any atom is -0.377 e. The summed E-state index contributed by atoms with van der Waals surface area (Å²) in [7, 11) is 1.50. The van der Waals surface area contributed by atoms with Gasteiger partial charge >= 0.3 is 0 Å². The van der Waals surface area contributed by atoms with E-state index < -0.39 is 0 Å². The molecule has 0 aliphatic rings. The predicted octanol–water partition coefficient (Wildman–Crippen LogP) is 3.21. The van der Waals surface area contributed by atoms with Gasteiger partial charge in [-0.2, -0.15) is 0 Å². The first kappa shape index (κ1) is 15.5. The van der Waals surface area contributed by atoms with Gasteiger partial charge in [0.15, 0.2) is 0 Å². The molecule has 21 heavy (non-hydrogen) atoms. The molecule has 1 aromatic heterocycles. The SMILES string of the molecule is COCC(=O)Nc1cccc(NC(C)c2csc(C)n2)c1. The second-order valence-corrected chi connectivity index (χ2v) is 5.78. The number of nitrogens with one attached hydrogen (secondary N) is 2. The highest BCUT2D eigenvalue weighted by Gasteiger charge is 2.09. The van der Waals surface area contributed by atoms with Crippen LogP contribution in [0.5, 0.6) is 0 Å². The lowest BCUT2D eigenvalue weighted by Gasteiger charge is -2.14. The molecular weight excluding hydrogens is 286 g/mol. The Labute approximate surface area is 128 Å². The summed E-state index contributed by atoms with van der Waals surface area (Å²) in [5.41, 5.74) is 2.69. The number of nitrogens with zero attached hydrogens (tertiary/aromatic N) is 1. The topological polar surface area (TPSA) is 63.2 Å². The van der Waals surface area contributed by atoms with Crippen LogP contribution in [0, 0.1) is 6.92 Å². The van der Waals surface area contributed by atoms with Crippen molar-refractivity contribution in [2.75, 3.05) is 24.4 Å². The molecule has 0 bridgehead atoms. The van der Waals surface area contributed by atoms with Crippen LogP contribution in [0.25, 0.3) is 0 Å². The molecule has 6 heteroatoms. The molecule has 0 radical (unpaired) electrons. The number of carbonyl (C=O) groups is 1. The molecule has 0 spiro atoms. The van der Waals surface area contributed by atoms with E-state index in [2.05, 4.69) is 27.9 Å². The van der Waals surface area contributed by atoms with E-state index in [4.69, 9.17) is 4.74 Å². The van der Waals surface area contributed by atoms with Gasteiger partial charge in [0.05, 0.1) is 16.7 Å². The number of benzene rings is 1. The molecule has 2 rings (SSSR count). The van der Waals surface area contributed by atoms with Gasteiger partial charge in [0.1, 0.15) is 6.61 Å². The second-order valence-electron chi connectivity index (χ2n) is 4.72. The maximum atomic E-state index is 11.5. The van der Waals surface area contributed by atoms with Crippen LogP contribution in [0.15, 0.2) is 29.6 Å². The Balaban J connectivity index is 2.02. The van der Waals surface area contributed by atoms with Crippen LogP contribution in [0.4, 0.5) is 11.4 Å². The fourth-order valence-electron chi connectivity index (χ4n) is 1.92. The average molecular weight is 305 g/mol. The summed E-state index contributed by atoms with van der Waals surface area (Å²) in [6, 6.07) is 7.70. The molecule has 2 aromatic rings. The highest BCUT2D eigenvalue weighted by Crippen LogP contribution is 2.22. The van der Waals surface area contributed by atoms with Gasteiger partial charge in [0.25, 0.3) is 0 Å². The van der Waals surface area contributed by atoms with Gasteiger partial charge in [-0.05, 0) is 32.0 Å². The maximum Gasteiger partial charge on any atom is 0.250 e. The molecule has 1 heterocycles. The van der Waals surface area contributed by atoms with Crippen molar-refractivity contribution in [1.82, 2.24) is 4.98 Å². The van der Waals surface area contributed by atoms with Crippen LogP contribution in [0.1, 0.15) is 23.7 Å². The Bertz CT molecular complexity index is 612. The predicted molar refractivity (Wildman–Crippen MR) is 85.8 cm³/mol. The van der Waals surface area contributed by atoms with Crippen molar-refractivity contribution < 1.29 is 9.53 Å². The van der Waals surface area contributed by atoms with E-state index in [0.717, 1.165) is 22.1 Å². The quantitative estimate of drug-likeness (QED) is 0.860. The Morgan fingerprint density at radius 2 is 2.19 bits per heavy atom. The molecule has 5 nitrogen and oxygen atoms in total. The lowest BCUT2D eigenvalue weighted by atomic mass is 10.2. The molecule has 2 N–H and O–H groups in total. The highest BCUT2D eigenvalue weighted by molar-refractivity contribution is 7.09. The van der Waals surface area contributed by atoms with Crippen molar-refractivity contribution in [2.24, 2.45) is 0 Å². The van der Waals surface area contributed by atoms with Gasteiger partial charge < -0.3 is 15.4 Å². The van der Waals surface area contributed by atoms with E-state index >= 15 is 0 Å². The lowest BCUT2D eigenvalue weighted by molar-refractivity contribution is -0.119. The van der Waals surface area contributed by atoms with Crippen LogP contribution in [0.2, 0.25) is 0 Å². The molecule has 1 amide bonds. The number of hydrogen-bond acceptors (Lipinski definition) is 5. The molecule has 0 fully saturated rings. The molecule has 0 aliphatic carbocycles. The van der Waals surface area contributed by atoms with Gasteiger partial charge in [0, 0.05) is 23.9 Å². The maximum absolute atomic E-state index is 11.5. The Morgan fingerprint density at radius 3 is 2.86 bits per heavy atom. The fraction of sp³-hybridized carbons (Fsp3) is 0.333. The monoisotopic (exact) mass is 305 g/mol. The molecule has 1 atom stereocenters. The number of thiazole rings is 1. The molecule has 0 aliphatic heterocycles. The zero-order valence-electron chi connectivity index (χ0n) is 12.3. The van der Waals surface area contributed by atoms with E-state index in [9.17, 15) is 4.79 Å². The molecule has 1 aromatic carbocycles. The summed E-state index contributed by atoms with van der Waals surface area (Å²) in [5.74, 6) is -0.169. The van der Waals surface area contributed by atoms with E-state index in [0.29, 0.717) is 0 Å².